The van der Waals surface area contributed by atoms with Crippen molar-refractivity contribution >= 4 is 21.8 Å². The molecule has 3 rings (SSSR count). The van der Waals surface area contributed by atoms with Gasteiger partial charge in [-0.05, 0) is 63.8 Å². The van der Waals surface area contributed by atoms with E-state index in [1.54, 1.807) is 0 Å². The minimum Gasteiger partial charge on any atom is -0.251 e. The van der Waals surface area contributed by atoms with Gasteiger partial charge in [0, 0.05) is 22.2 Å². The Balaban J connectivity index is 0.00000161. The molecule has 0 bridgehead atoms. The quantitative estimate of drug-likeness (QED) is 0.444. The van der Waals surface area contributed by atoms with Crippen molar-refractivity contribution in [3.05, 3.63) is 45.8 Å². The first-order valence-electron chi connectivity index (χ1n) is 7.06. The minimum atomic E-state index is 0. The van der Waals surface area contributed by atoms with Crippen molar-refractivity contribution in [2.24, 2.45) is 0 Å². The van der Waals surface area contributed by atoms with Gasteiger partial charge in [0.1, 0.15) is 0 Å². The first-order chi connectivity index (χ1) is 9.41. The Kier molecular flexibility index (Phi) is 4.10. The number of hydrogen-bond donors (Lipinski definition) is 0. The molecule has 0 fully saturated rings. The Morgan fingerprint density at radius 2 is 0.905 bits per heavy atom. The number of nitrogens with zero attached hydrogens (tertiary/aromatic N) is 2. The van der Waals surface area contributed by atoms with Crippen LogP contribution >= 0.6 is 0 Å². The molecular formula is C18H20CuN2+. The summed E-state index contributed by atoms with van der Waals surface area (Å²) in [4.78, 5) is 9.63. The summed E-state index contributed by atoms with van der Waals surface area (Å²) in [6.45, 7) is 12.8. The fourth-order valence-electron chi connectivity index (χ4n) is 2.86. The van der Waals surface area contributed by atoms with E-state index in [9.17, 15) is 0 Å². The van der Waals surface area contributed by atoms with Crippen molar-refractivity contribution in [3.63, 3.8) is 0 Å². The number of pyridine rings is 2. The van der Waals surface area contributed by atoms with E-state index >= 15 is 0 Å². The van der Waals surface area contributed by atoms with Crippen LogP contribution in [0.4, 0.5) is 0 Å². The summed E-state index contributed by atoms with van der Waals surface area (Å²) < 4.78 is 0. The number of benzene rings is 1. The molecule has 21 heavy (non-hydrogen) atoms. The molecule has 3 heteroatoms. The van der Waals surface area contributed by atoms with Crippen LogP contribution in [0.2, 0.25) is 0 Å². The van der Waals surface area contributed by atoms with Gasteiger partial charge < -0.3 is 0 Å². The van der Waals surface area contributed by atoms with Gasteiger partial charge in [-0.3, -0.25) is 9.97 Å². The van der Waals surface area contributed by atoms with Gasteiger partial charge >= 0.3 is 17.1 Å². The van der Waals surface area contributed by atoms with Crippen molar-refractivity contribution < 1.29 is 17.1 Å². The molecule has 0 saturated carbocycles. The van der Waals surface area contributed by atoms with Crippen LogP contribution in [-0.4, -0.2) is 9.97 Å². The van der Waals surface area contributed by atoms with Crippen LogP contribution in [0.1, 0.15) is 33.6 Å². The van der Waals surface area contributed by atoms with Gasteiger partial charge in [0.15, 0.2) is 0 Å². The Morgan fingerprint density at radius 1 is 0.571 bits per heavy atom. The molecule has 2 heterocycles. The average Bonchev–Trinajstić information content (AvgIpc) is 2.42. The predicted octanol–water partition coefficient (Wildman–Crippen LogP) is 4.63. The molecule has 2 aromatic heterocycles. The third kappa shape index (κ3) is 2.25. The maximum Gasteiger partial charge on any atom is 1.00 e. The van der Waals surface area contributed by atoms with E-state index in [0.29, 0.717) is 0 Å². The zero-order valence-corrected chi connectivity index (χ0v) is 14.3. The number of fused-ring (bicyclic) bond motifs is 3. The van der Waals surface area contributed by atoms with Gasteiger partial charge in [-0.2, -0.15) is 0 Å². The molecule has 0 aliphatic rings. The summed E-state index contributed by atoms with van der Waals surface area (Å²) in [6.07, 6.45) is 0. The summed E-state index contributed by atoms with van der Waals surface area (Å²) in [5.41, 5.74) is 9.44. The SMILES string of the molecule is Cc1nc2c(ccc3c(C)c(C)c(C)nc32)c(C)c1C.[Cu+]. The Hall–Kier alpha value is -1.44. The molecule has 1 aromatic carbocycles. The predicted molar refractivity (Wildman–Crippen MR) is 85.5 cm³/mol. The zero-order valence-electron chi connectivity index (χ0n) is 13.4. The number of aromatic nitrogens is 2. The molecule has 0 aliphatic carbocycles. The van der Waals surface area contributed by atoms with E-state index in [4.69, 9.17) is 9.97 Å². The van der Waals surface area contributed by atoms with Gasteiger partial charge in [0.25, 0.3) is 0 Å². The Labute approximate surface area is 136 Å². The smallest absolute Gasteiger partial charge is 0.251 e. The van der Waals surface area contributed by atoms with Crippen LogP contribution in [0.25, 0.3) is 21.8 Å². The summed E-state index contributed by atoms with van der Waals surface area (Å²) >= 11 is 0. The number of rotatable bonds is 0. The molecule has 0 saturated heterocycles. The average molecular weight is 328 g/mol. The summed E-state index contributed by atoms with van der Waals surface area (Å²) in [5, 5.41) is 2.44. The van der Waals surface area contributed by atoms with Crippen LogP contribution in [0, 0.1) is 41.5 Å². The molecule has 0 atom stereocenters. The minimum absolute atomic E-state index is 0. The molecule has 3 aromatic rings. The van der Waals surface area contributed by atoms with Crippen LogP contribution in [0.15, 0.2) is 12.1 Å². The van der Waals surface area contributed by atoms with E-state index in [1.165, 1.54) is 33.0 Å². The maximum absolute atomic E-state index is 4.81. The topological polar surface area (TPSA) is 25.8 Å². The second-order valence-electron chi connectivity index (χ2n) is 5.75. The summed E-state index contributed by atoms with van der Waals surface area (Å²) in [6, 6.07) is 4.38. The van der Waals surface area contributed by atoms with Crippen LogP contribution < -0.4 is 0 Å². The van der Waals surface area contributed by atoms with E-state index in [-0.39, 0.29) is 17.1 Å². The fourth-order valence-corrected chi connectivity index (χ4v) is 2.86. The molecule has 0 radical (unpaired) electrons. The second-order valence-corrected chi connectivity index (χ2v) is 5.75. The third-order valence-corrected chi connectivity index (χ3v) is 4.73. The van der Waals surface area contributed by atoms with E-state index < -0.39 is 0 Å². The van der Waals surface area contributed by atoms with E-state index in [2.05, 4.69) is 53.7 Å². The maximum atomic E-state index is 4.81. The number of aryl methyl sites for hydroxylation is 4. The van der Waals surface area contributed by atoms with E-state index in [1.807, 2.05) is 0 Å². The molecule has 0 unspecified atom stereocenters. The molecule has 2 nitrogen and oxygen atoms in total. The zero-order chi connectivity index (χ0) is 14.6. The monoisotopic (exact) mass is 327 g/mol. The summed E-state index contributed by atoms with van der Waals surface area (Å²) in [7, 11) is 0. The second kappa shape index (κ2) is 5.40. The Morgan fingerprint density at radius 3 is 1.24 bits per heavy atom. The van der Waals surface area contributed by atoms with Crippen molar-refractivity contribution in [2.75, 3.05) is 0 Å². The van der Waals surface area contributed by atoms with Gasteiger partial charge in [-0.1, -0.05) is 12.1 Å². The molecular weight excluding hydrogens is 308 g/mol. The Bertz CT molecular complexity index is 794. The normalized spacial score (nSPS) is 11.0. The van der Waals surface area contributed by atoms with Crippen molar-refractivity contribution in [1.29, 1.82) is 0 Å². The number of hydrogen-bond acceptors (Lipinski definition) is 2. The van der Waals surface area contributed by atoms with Crippen LogP contribution in [0.3, 0.4) is 0 Å². The van der Waals surface area contributed by atoms with Gasteiger partial charge in [-0.25, -0.2) is 0 Å². The largest absolute Gasteiger partial charge is 1.00 e. The van der Waals surface area contributed by atoms with E-state index in [0.717, 1.165) is 22.4 Å². The third-order valence-electron chi connectivity index (χ3n) is 4.73. The molecule has 0 aliphatic heterocycles. The van der Waals surface area contributed by atoms with Crippen molar-refractivity contribution in [2.45, 2.75) is 41.5 Å². The first-order valence-corrected chi connectivity index (χ1v) is 7.06. The molecule has 0 N–H and O–H groups in total. The van der Waals surface area contributed by atoms with Gasteiger partial charge in [0.2, 0.25) is 0 Å². The van der Waals surface area contributed by atoms with Gasteiger partial charge in [0.05, 0.1) is 11.0 Å². The summed E-state index contributed by atoms with van der Waals surface area (Å²) in [5.74, 6) is 0. The first kappa shape index (κ1) is 15.9. The van der Waals surface area contributed by atoms with Gasteiger partial charge in [-0.15, -0.1) is 0 Å². The van der Waals surface area contributed by atoms with Crippen LogP contribution in [0.5, 0.6) is 0 Å². The fraction of sp³-hybridized carbons (Fsp3) is 0.333. The van der Waals surface area contributed by atoms with Crippen molar-refractivity contribution in [3.8, 4) is 0 Å². The molecule has 112 valence electrons. The van der Waals surface area contributed by atoms with Crippen LogP contribution in [-0.2, 0) is 17.1 Å². The molecule has 0 amide bonds. The molecule has 0 spiro atoms. The standard InChI is InChI=1S/C18H20N2.Cu/c1-9-11(3)15-7-8-16-12(4)10(2)14(6)20-18(16)17(15)19-13(9)5;/h7-8H,1-6H3;/q;+1. The van der Waals surface area contributed by atoms with Crippen molar-refractivity contribution in [1.82, 2.24) is 9.97 Å².